The zero-order chi connectivity index (χ0) is 18.2. The second kappa shape index (κ2) is 9.08. The molecule has 0 aromatic heterocycles. The number of carbonyl (C=O) groups is 2. The van der Waals surface area contributed by atoms with Gasteiger partial charge in [0.2, 0.25) is 11.8 Å². The molecule has 132 valence electrons. The summed E-state index contributed by atoms with van der Waals surface area (Å²) in [6.45, 7) is 4.05. The number of hydrogen-bond donors (Lipinski definition) is 3. The van der Waals surface area contributed by atoms with Gasteiger partial charge in [0.05, 0.1) is 17.3 Å². The van der Waals surface area contributed by atoms with Gasteiger partial charge in [-0.1, -0.05) is 30.7 Å². The lowest BCUT2D eigenvalue weighted by atomic mass is 10.2. The summed E-state index contributed by atoms with van der Waals surface area (Å²) >= 11 is 6.13. The van der Waals surface area contributed by atoms with Crippen LogP contribution >= 0.6 is 11.6 Å². The first-order chi connectivity index (χ1) is 12.0. The van der Waals surface area contributed by atoms with E-state index in [1.165, 1.54) is 0 Å². The third-order valence-electron chi connectivity index (χ3n) is 3.47. The normalized spacial score (nSPS) is 10.2. The minimum Gasteiger partial charge on any atom is -0.376 e. The van der Waals surface area contributed by atoms with Crippen molar-refractivity contribution >= 4 is 40.5 Å². The maximum Gasteiger partial charge on any atom is 0.243 e. The van der Waals surface area contributed by atoms with E-state index in [2.05, 4.69) is 16.0 Å². The second-order valence-corrected chi connectivity index (χ2v) is 6.17. The molecule has 2 amide bonds. The molecule has 0 aliphatic rings. The molecule has 3 N–H and O–H groups in total. The fourth-order valence-electron chi connectivity index (χ4n) is 2.28. The summed E-state index contributed by atoms with van der Waals surface area (Å²) in [6, 6.07) is 12.8. The third-order valence-corrected chi connectivity index (χ3v) is 3.80. The molecule has 0 aliphatic carbocycles. The topological polar surface area (TPSA) is 70.2 Å². The van der Waals surface area contributed by atoms with Crippen LogP contribution in [-0.4, -0.2) is 18.4 Å². The van der Waals surface area contributed by atoms with Crippen LogP contribution in [0.5, 0.6) is 0 Å². The molecule has 2 aromatic carbocycles. The third kappa shape index (κ3) is 6.12. The molecule has 0 radical (unpaired) electrons. The number of aryl methyl sites for hydroxylation is 1. The van der Waals surface area contributed by atoms with Crippen LogP contribution in [-0.2, 0) is 9.59 Å². The quantitative estimate of drug-likeness (QED) is 0.684. The van der Waals surface area contributed by atoms with Gasteiger partial charge >= 0.3 is 0 Å². The molecule has 2 rings (SSSR count). The molecule has 6 heteroatoms. The molecule has 0 heterocycles. The van der Waals surface area contributed by atoms with Gasteiger partial charge in [-0.15, -0.1) is 0 Å². The number of hydrogen-bond acceptors (Lipinski definition) is 3. The molecule has 5 nitrogen and oxygen atoms in total. The van der Waals surface area contributed by atoms with E-state index in [-0.39, 0.29) is 18.4 Å². The highest BCUT2D eigenvalue weighted by molar-refractivity contribution is 6.33. The Hall–Kier alpha value is -2.53. The van der Waals surface area contributed by atoms with Crippen molar-refractivity contribution < 1.29 is 9.59 Å². The monoisotopic (exact) mass is 359 g/mol. The van der Waals surface area contributed by atoms with Gasteiger partial charge in [-0.05, 0) is 49.2 Å². The van der Waals surface area contributed by atoms with Gasteiger partial charge in [-0.3, -0.25) is 9.59 Å². The van der Waals surface area contributed by atoms with E-state index in [1.54, 1.807) is 18.2 Å². The Morgan fingerprint density at radius 3 is 2.52 bits per heavy atom. The zero-order valence-corrected chi connectivity index (χ0v) is 15.1. The molecule has 0 atom stereocenters. The lowest BCUT2D eigenvalue weighted by molar-refractivity contribution is -0.116. The number of carbonyl (C=O) groups excluding carboxylic acids is 2. The second-order valence-electron chi connectivity index (χ2n) is 5.76. The highest BCUT2D eigenvalue weighted by Gasteiger charge is 2.08. The number of amides is 2. The van der Waals surface area contributed by atoms with E-state index < -0.39 is 0 Å². The van der Waals surface area contributed by atoms with E-state index in [1.807, 2.05) is 38.1 Å². The Morgan fingerprint density at radius 1 is 1.00 bits per heavy atom. The maximum atomic E-state index is 12.1. The number of nitrogens with one attached hydrogen (secondary N) is 3. The summed E-state index contributed by atoms with van der Waals surface area (Å²) in [5.74, 6) is -0.288. The van der Waals surface area contributed by atoms with E-state index in [0.717, 1.165) is 17.7 Å². The predicted molar refractivity (Wildman–Crippen MR) is 103 cm³/mol. The molecule has 0 saturated heterocycles. The van der Waals surface area contributed by atoms with Crippen LogP contribution in [0.15, 0.2) is 42.5 Å². The fraction of sp³-hybridized carbons (Fsp3) is 0.263. The number of rotatable bonds is 7. The Bertz CT molecular complexity index is 762. The Labute approximate surface area is 152 Å². The predicted octanol–water partition coefficient (Wildman–Crippen LogP) is 4.44. The molecular weight excluding hydrogens is 338 g/mol. The van der Waals surface area contributed by atoms with Crippen molar-refractivity contribution in [3.63, 3.8) is 0 Å². The lowest BCUT2D eigenvalue weighted by Crippen LogP contribution is -2.22. The molecule has 0 bridgehead atoms. The molecule has 0 spiro atoms. The Morgan fingerprint density at radius 2 is 1.80 bits per heavy atom. The van der Waals surface area contributed by atoms with Crippen molar-refractivity contribution in [3.05, 3.63) is 53.1 Å². The molecular formula is C19H22ClN3O2. The Balaban J connectivity index is 1.96. The van der Waals surface area contributed by atoms with Crippen LogP contribution < -0.4 is 16.0 Å². The largest absolute Gasteiger partial charge is 0.376 e. The van der Waals surface area contributed by atoms with Gasteiger partial charge in [0.1, 0.15) is 0 Å². The smallest absolute Gasteiger partial charge is 0.243 e. The summed E-state index contributed by atoms with van der Waals surface area (Å²) in [5, 5.41) is 9.02. The van der Waals surface area contributed by atoms with Gasteiger partial charge in [-0.2, -0.15) is 0 Å². The molecule has 0 aliphatic heterocycles. The first-order valence-corrected chi connectivity index (χ1v) is 8.55. The standard InChI is InChI=1S/C19H22ClN3O2/c1-3-5-18(24)22-15-8-9-16(20)17(11-15)23-19(25)12-21-14-7-4-6-13(2)10-14/h4,6-11,21H,3,5,12H2,1-2H3,(H,22,24)(H,23,25). The molecule has 0 unspecified atom stereocenters. The van der Waals surface area contributed by atoms with Crippen LogP contribution in [0.25, 0.3) is 0 Å². The van der Waals surface area contributed by atoms with Gasteiger partial charge in [0.15, 0.2) is 0 Å². The van der Waals surface area contributed by atoms with Crippen LogP contribution in [0.1, 0.15) is 25.3 Å². The van der Waals surface area contributed by atoms with E-state index in [9.17, 15) is 9.59 Å². The average molecular weight is 360 g/mol. The van der Waals surface area contributed by atoms with E-state index >= 15 is 0 Å². The summed E-state index contributed by atoms with van der Waals surface area (Å²) in [4.78, 5) is 23.8. The highest BCUT2D eigenvalue weighted by Crippen LogP contribution is 2.25. The number of benzene rings is 2. The van der Waals surface area contributed by atoms with Gasteiger partial charge in [0.25, 0.3) is 0 Å². The lowest BCUT2D eigenvalue weighted by Gasteiger charge is -2.11. The molecule has 25 heavy (non-hydrogen) atoms. The molecule has 0 saturated carbocycles. The summed E-state index contributed by atoms with van der Waals surface area (Å²) in [7, 11) is 0. The first-order valence-electron chi connectivity index (χ1n) is 8.17. The van der Waals surface area contributed by atoms with Crippen molar-refractivity contribution in [1.29, 1.82) is 0 Å². The zero-order valence-electron chi connectivity index (χ0n) is 14.4. The SMILES string of the molecule is CCCC(=O)Nc1ccc(Cl)c(NC(=O)CNc2cccc(C)c2)c1. The number of halogens is 1. The maximum absolute atomic E-state index is 12.1. The van der Waals surface area contributed by atoms with E-state index in [0.29, 0.717) is 22.8 Å². The summed E-state index contributed by atoms with van der Waals surface area (Å²) < 4.78 is 0. The summed E-state index contributed by atoms with van der Waals surface area (Å²) in [6.07, 6.45) is 1.22. The minimum absolute atomic E-state index is 0.0665. The summed E-state index contributed by atoms with van der Waals surface area (Å²) in [5.41, 5.74) is 3.06. The van der Waals surface area contributed by atoms with Crippen molar-refractivity contribution in [2.45, 2.75) is 26.7 Å². The van der Waals surface area contributed by atoms with Crippen molar-refractivity contribution in [1.82, 2.24) is 0 Å². The number of anilines is 3. The van der Waals surface area contributed by atoms with Crippen molar-refractivity contribution in [2.75, 3.05) is 22.5 Å². The Kier molecular flexibility index (Phi) is 6.83. The molecule has 2 aromatic rings. The van der Waals surface area contributed by atoms with Crippen LogP contribution in [0.4, 0.5) is 17.1 Å². The highest BCUT2D eigenvalue weighted by atomic mass is 35.5. The van der Waals surface area contributed by atoms with Gasteiger partial charge in [0, 0.05) is 17.8 Å². The minimum atomic E-state index is -0.222. The van der Waals surface area contributed by atoms with Crippen LogP contribution in [0.3, 0.4) is 0 Å². The van der Waals surface area contributed by atoms with Gasteiger partial charge < -0.3 is 16.0 Å². The van der Waals surface area contributed by atoms with Gasteiger partial charge in [-0.25, -0.2) is 0 Å². The van der Waals surface area contributed by atoms with E-state index in [4.69, 9.17) is 11.6 Å². The van der Waals surface area contributed by atoms with Crippen molar-refractivity contribution in [2.24, 2.45) is 0 Å². The van der Waals surface area contributed by atoms with Crippen LogP contribution in [0.2, 0.25) is 5.02 Å². The van der Waals surface area contributed by atoms with Crippen LogP contribution in [0, 0.1) is 6.92 Å². The average Bonchev–Trinajstić information content (AvgIpc) is 2.56. The fourth-order valence-corrected chi connectivity index (χ4v) is 2.45. The first kappa shape index (κ1) is 18.8. The molecule has 0 fully saturated rings. The van der Waals surface area contributed by atoms with Crippen molar-refractivity contribution in [3.8, 4) is 0 Å².